The molecule has 118 valence electrons. The van der Waals surface area contributed by atoms with E-state index in [4.69, 9.17) is 10.7 Å². The molecular weight excluding hydrogens is 324 g/mol. The molecule has 1 amide bonds. The van der Waals surface area contributed by atoms with Crippen LogP contribution in [0.1, 0.15) is 30.6 Å². The standard InChI is InChI=1S/C13H16ClF2NO3S/c1-8(2)4-5-17(3)13(18)9-6-10(15)11(16)7-12(9)21(14,19)20/h6-8H,4-5H2,1-3H3. The summed E-state index contributed by atoms with van der Waals surface area (Å²) in [5.41, 5.74) is -0.477. The third kappa shape index (κ3) is 4.64. The molecule has 0 aromatic heterocycles. The Bertz CT molecular complexity index is 647. The first-order valence-electron chi connectivity index (χ1n) is 6.23. The Morgan fingerprint density at radius 1 is 1.29 bits per heavy atom. The lowest BCUT2D eigenvalue weighted by Gasteiger charge is -2.19. The molecule has 0 spiro atoms. The van der Waals surface area contributed by atoms with Gasteiger partial charge < -0.3 is 4.90 Å². The Kier molecular flexibility index (Phi) is 5.69. The minimum absolute atomic E-state index is 0.335. The van der Waals surface area contributed by atoms with E-state index in [1.165, 1.54) is 11.9 Å². The molecule has 1 rings (SSSR count). The summed E-state index contributed by atoms with van der Waals surface area (Å²) >= 11 is 0. The Labute approximate surface area is 127 Å². The monoisotopic (exact) mass is 339 g/mol. The van der Waals surface area contributed by atoms with Gasteiger partial charge in [-0.3, -0.25) is 4.79 Å². The predicted octanol–water partition coefficient (Wildman–Crippen LogP) is 3.01. The lowest BCUT2D eigenvalue weighted by Crippen LogP contribution is -2.29. The molecule has 0 fully saturated rings. The van der Waals surface area contributed by atoms with Crippen molar-refractivity contribution in [3.8, 4) is 0 Å². The quantitative estimate of drug-likeness (QED) is 0.775. The Balaban J connectivity index is 3.23. The second kappa shape index (κ2) is 6.70. The molecule has 0 aliphatic heterocycles. The van der Waals surface area contributed by atoms with Crippen molar-refractivity contribution in [3.05, 3.63) is 29.3 Å². The highest BCUT2D eigenvalue weighted by Gasteiger charge is 2.25. The molecule has 0 atom stereocenters. The topological polar surface area (TPSA) is 54.5 Å². The molecule has 0 unspecified atom stereocenters. The van der Waals surface area contributed by atoms with Crippen molar-refractivity contribution in [1.29, 1.82) is 0 Å². The van der Waals surface area contributed by atoms with Gasteiger partial charge in [0.1, 0.15) is 0 Å². The van der Waals surface area contributed by atoms with Gasteiger partial charge in [0.25, 0.3) is 15.0 Å². The van der Waals surface area contributed by atoms with E-state index in [2.05, 4.69) is 0 Å². The predicted molar refractivity (Wildman–Crippen MR) is 75.8 cm³/mol. The van der Waals surface area contributed by atoms with Crippen molar-refractivity contribution in [2.24, 2.45) is 5.92 Å². The third-order valence-corrected chi connectivity index (χ3v) is 4.27. The molecule has 0 saturated heterocycles. The van der Waals surface area contributed by atoms with Gasteiger partial charge >= 0.3 is 0 Å². The SMILES string of the molecule is CC(C)CCN(C)C(=O)c1cc(F)c(F)cc1S(=O)(=O)Cl. The van der Waals surface area contributed by atoms with Crippen LogP contribution in [-0.2, 0) is 9.05 Å². The Morgan fingerprint density at radius 3 is 2.29 bits per heavy atom. The average Bonchev–Trinajstić information content (AvgIpc) is 2.36. The van der Waals surface area contributed by atoms with E-state index in [0.717, 1.165) is 0 Å². The van der Waals surface area contributed by atoms with Crippen LogP contribution in [0.2, 0.25) is 0 Å². The van der Waals surface area contributed by atoms with Crippen molar-refractivity contribution < 1.29 is 22.0 Å². The summed E-state index contributed by atoms with van der Waals surface area (Å²) in [6.45, 7) is 4.28. The highest BCUT2D eigenvalue weighted by atomic mass is 35.7. The summed E-state index contributed by atoms with van der Waals surface area (Å²) in [6, 6.07) is 0.972. The van der Waals surface area contributed by atoms with Crippen LogP contribution in [0.5, 0.6) is 0 Å². The van der Waals surface area contributed by atoms with Crippen molar-refractivity contribution >= 4 is 25.6 Å². The second-order valence-electron chi connectivity index (χ2n) is 5.11. The number of nitrogens with zero attached hydrogens (tertiary/aromatic N) is 1. The minimum Gasteiger partial charge on any atom is -0.342 e. The molecule has 0 heterocycles. The third-order valence-electron chi connectivity index (χ3n) is 2.90. The molecule has 0 saturated carbocycles. The minimum atomic E-state index is -4.36. The fourth-order valence-corrected chi connectivity index (χ4v) is 2.69. The van der Waals surface area contributed by atoms with Gasteiger partial charge in [-0.25, -0.2) is 17.2 Å². The number of amides is 1. The molecule has 0 aliphatic rings. The van der Waals surface area contributed by atoms with E-state index in [-0.39, 0.29) is 0 Å². The lowest BCUT2D eigenvalue weighted by atomic mass is 10.1. The van der Waals surface area contributed by atoms with Crippen LogP contribution < -0.4 is 0 Å². The summed E-state index contributed by atoms with van der Waals surface area (Å²) in [5.74, 6) is -3.08. The van der Waals surface area contributed by atoms with Gasteiger partial charge in [-0.05, 0) is 24.5 Å². The number of hydrogen-bond donors (Lipinski definition) is 0. The van der Waals surface area contributed by atoms with Gasteiger partial charge in [-0.2, -0.15) is 0 Å². The first-order chi connectivity index (χ1) is 9.54. The molecular formula is C13H16ClF2NO3S. The lowest BCUT2D eigenvalue weighted by molar-refractivity contribution is 0.0784. The number of carbonyl (C=O) groups is 1. The molecule has 1 aromatic carbocycles. The van der Waals surface area contributed by atoms with Crippen LogP contribution in [0.15, 0.2) is 17.0 Å². The van der Waals surface area contributed by atoms with E-state index < -0.39 is 37.1 Å². The molecule has 0 radical (unpaired) electrons. The first-order valence-corrected chi connectivity index (χ1v) is 8.54. The fourth-order valence-electron chi connectivity index (χ4n) is 1.66. The smallest absolute Gasteiger partial charge is 0.262 e. The van der Waals surface area contributed by atoms with Crippen LogP contribution in [0.4, 0.5) is 8.78 Å². The van der Waals surface area contributed by atoms with Crippen molar-refractivity contribution in [1.82, 2.24) is 4.90 Å². The summed E-state index contributed by atoms with van der Waals surface area (Å²) in [5, 5.41) is 0. The van der Waals surface area contributed by atoms with Gasteiger partial charge in [0, 0.05) is 24.3 Å². The number of rotatable bonds is 5. The number of carbonyl (C=O) groups excluding carboxylic acids is 1. The van der Waals surface area contributed by atoms with E-state index >= 15 is 0 Å². The van der Waals surface area contributed by atoms with Crippen molar-refractivity contribution in [3.63, 3.8) is 0 Å². The molecule has 1 aromatic rings. The molecule has 8 heteroatoms. The fraction of sp³-hybridized carbons (Fsp3) is 0.462. The molecule has 0 N–H and O–H groups in total. The molecule has 0 aliphatic carbocycles. The molecule has 0 bridgehead atoms. The van der Waals surface area contributed by atoms with E-state index in [1.54, 1.807) is 0 Å². The van der Waals surface area contributed by atoms with Crippen molar-refractivity contribution in [2.75, 3.05) is 13.6 Å². The van der Waals surface area contributed by atoms with Crippen LogP contribution in [-0.4, -0.2) is 32.8 Å². The van der Waals surface area contributed by atoms with Crippen LogP contribution in [0.25, 0.3) is 0 Å². The zero-order valence-electron chi connectivity index (χ0n) is 11.9. The Hall–Kier alpha value is -1.21. The number of benzene rings is 1. The van der Waals surface area contributed by atoms with Crippen molar-refractivity contribution in [2.45, 2.75) is 25.2 Å². The van der Waals surface area contributed by atoms with Gasteiger partial charge in [-0.15, -0.1) is 0 Å². The summed E-state index contributed by atoms with van der Waals surface area (Å²) < 4.78 is 49.3. The van der Waals surface area contributed by atoms with Crippen LogP contribution in [0, 0.1) is 17.6 Å². The maximum Gasteiger partial charge on any atom is 0.262 e. The zero-order chi connectivity index (χ0) is 16.4. The summed E-state index contributed by atoms with van der Waals surface area (Å²) in [7, 11) is 2.27. The van der Waals surface area contributed by atoms with Crippen LogP contribution in [0.3, 0.4) is 0 Å². The maximum absolute atomic E-state index is 13.3. The first kappa shape index (κ1) is 17.8. The Morgan fingerprint density at radius 2 is 1.81 bits per heavy atom. The van der Waals surface area contributed by atoms with Crippen LogP contribution >= 0.6 is 10.7 Å². The van der Waals surface area contributed by atoms with Gasteiger partial charge in [0.2, 0.25) is 0 Å². The van der Waals surface area contributed by atoms with Gasteiger partial charge in [-0.1, -0.05) is 13.8 Å². The highest BCUT2D eigenvalue weighted by molar-refractivity contribution is 8.13. The van der Waals surface area contributed by atoms with E-state index in [1.807, 2.05) is 13.8 Å². The zero-order valence-corrected chi connectivity index (χ0v) is 13.4. The second-order valence-corrected chi connectivity index (χ2v) is 7.64. The normalized spacial score (nSPS) is 11.8. The molecule has 21 heavy (non-hydrogen) atoms. The van der Waals surface area contributed by atoms with Gasteiger partial charge in [0.15, 0.2) is 11.6 Å². The summed E-state index contributed by atoms with van der Waals surface area (Å²) in [4.78, 5) is 12.7. The highest BCUT2D eigenvalue weighted by Crippen LogP contribution is 2.24. The largest absolute Gasteiger partial charge is 0.342 e. The van der Waals surface area contributed by atoms with E-state index in [9.17, 15) is 22.0 Å². The number of halogens is 3. The summed E-state index contributed by atoms with van der Waals surface area (Å²) in [6.07, 6.45) is 0.689. The molecule has 4 nitrogen and oxygen atoms in total. The van der Waals surface area contributed by atoms with Gasteiger partial charge in [0.05, 0.1) is 10.5 Å². The average molecular weight is 340 g/mol. The maximum atomic E-state index is 13.3. The number of hydrogen-bond acceptors (Lipinski definition) is 3. The van der Waals surface area contributed by atoms with E-state index in [0.29, 0.717) is 31.0 Å².